The molecule has 0 aromatic heterocycles. The lowest BCUT2D eigenvalue weighted by atomic mass is 9.76. The van der Waals surface area contributed by atoms with E-state index in [0.29, 0.717) is 18.6 Å². The van der Waals surface area contributed by atoms with Crippen LogP contribution in [0.2, 0.25) is 0 Å². The van der Waals surface area contributed by atoms with Gasteiger partial charge in [-0.15, -0.1) is 0 Å². The van der Waals surface area contributed by atoms with E-state index >= 15 is 0 Å². The van der Waals surface area contributed by atoms with Crippen molar-refractivity contribution >= 4 is 15.9 Å². The molecule has 0 aliphatic heterocycles. The number of hydrogen-bond acceptors (Lipinski definition) is 2. The first kappa shape index (κ1) is 15.0. The Morgan fingerprint density at radius 1 is 1.42 bits per heavy atom. The molecule has 0 radical (unpaired) electrons. The van der Waals surface area contributed by atoms with E-state index in [9.17, 15) is 0 Å². The Balaban J connectivity index is 1.61. The first-order chi connectivity index (χ1) is 9.19. The summed E-state index contributed by atoms with van der Waals surface area (Å²) in [5.74, 6) is 1.17. The van der Waals surface area contributed by atoms with Crippen LogP contribution >= 0.6 is 15.9 Å². The molecular formula is C16H24BrNO. The third kappa shape index (κ3) is 4.59. The van der Waals surface area contributed by atoms with E-state index < -0.39 is 0 Å². The molecule has 1 aliphatic rings. The molecule has 1 fully saturated rings. The van der Waals surface area contributed by atoms with E-state index in [1.54, 1.807) is 0 Å². The van der Waals surface area contributed by atoms with Crippen LogP contribution in [0, 0.1) is 5.92 Å². The van der Waals surface area contributed by atoms with Crippen LogP contribution in [0.4, 0.5) is 0 Å². The van der Waals surface area contributed by atoms with E-state index in [-0.39, 0.29) is 0 Å². The molecule has 0 heterocycles. The fourth-order valence-corrected chi connectivity index (χ4v) is 3.08. The van der Waals surface area contributed by atoms with Gasteiger partial charge in [-0.05, 0) is 61.8 Å². The molecule has 0 bridgehead atoms. The number of halogens is 1. The van der Waals surface area contributed by atoms with Crippen molar-refractivity contribution in [1.29, 1.82) is 0 Å². The molecule has 1 atom stereocenters. The highest BCUT2D eigenvalue weighted by atomic mass is 79.9. The summed E-state index contributed by atoms with van der Waals surface area (Å²) in [6.45, 7) is 3.50. The largest absolute Gasteiger partial charge is 0.396 e. The summed E-state index contributed by atoms with van der Waals surface area (Å²) in [6.07, 6.45) is 4.79. The van der Waals surface area contributed by atoms with Crippen molar-refractivity contribution < 1.29 is 5.11 Å². The molecule has 0 spiro atoms. The van der Waals surface area contributed by atoms with E-state index in [1.165, 1.54) is 29.3 Å². The Morgan fingerprint density at radius 2 is 2.21 bits per heavy atom. The standard InChI is InChI=1S/C16H24BrNO/c1-12(11-19)4-3-7-18-16-9-14(10-16)13-5-2-6-15(17)8-13/h2,5-6,8,12,14,16,18-19H,3-4,7,9-11H2,1H3. The summed E-state index contributed by atoms with van der Waals surface area (Å²) >= 11 is 3.53. The Morgan fingerprint density at radius 3 is 2.89 bits per heavy atom. The maximum Gasteiger partial charge on any atom is 0.0456 e. The van der Waals surface area contributed by atoms with Crippen molar-refractivity contribution in [3.8, 4) is 0 Å². The fourth-order valence-electron chi connectivity index (χ4n) is 2.67. The van der Waals surface area contributed by atoms with Crippen molar-refractivity contribution in [3.05, 3.63) is 34.3 Å². The van der Waals surface area contributed by atoms with E-state index in [1.807, 2.05) is 0 Å². The van der Waals surface area contributed by atoms with Gasteiger partial charge >= 0.3 is 0 Å². The lowest BCUT2D eigenvalue weighted by Crippen LogP contribution is -2.40. The molecule has 1 aromatic carbocycles. The Labute approximate surface area is 124 Å². The van der Waals surface area contributed by atoms with Gasteiger partial charge < -0.3 is 10.4 Å². The average molecular weight is 326 g/mol. The molecule has 1 unspecified atom stereocenters. The van der Waals surface area contributed by atoms with Crippen molar-refractivity contribution in [1.82, 2.24) is 5.32 Å². The molecule has 1 saturated carbocycles. The predicted molar refractivity (Wildman–Crippen MR) is 83.4 cm³/mol. The summed E-state index contributed by atoms with van der Waals surface area (Å²) in [5.41, 5.74) is 1.46. The van der Waals surface area contributed by atoms with Crippen LogP contribution in [0.25, 0.3) is 0 Å². The number of nitrogens with one attached hydrogen (secondary N) is 1. The fraction of sp³-hybridized carbons (Fsp3) is 0.625. The van der Waals surface area contributed by atoms with E-state index in [2.05, 4.69) is 52.4 Å². The van der Waals surface area contributed by atoms with Crippen molar-refractivity contribution in [3.63, 3.8) is 0 Å². The zero-order valence-corrected chi connectivity index (χ0v) is 13.2. The van der Waals surface area contributed by atoms with Crippen LogP contribution in [-0.4, -0.2) is 24.3 Å². The van der Waals surface area contributed by atoms with Gasteiger partial charge in [0.15, 0.2) is 0 Å². The normalized spacial score (nSPS) is 23.9. The van der Waals surface area contributed by atoms with Gasteiger partial charge in [0.05, 0.1) is 0 Å². The molecule has 1 aromatic rings. The van der Waals surface area contributed by atoms with Gasteiger partial charge in [0.2, 0.25) is 0 Å². The molecule has 19 heavy (non-hydrogen) atoms. The summed E-state index contributed by atoms with van der Waals surface area (Å²) < 4.78 is 1.18. The highest BCUT2D eigenvalue weighted by molar-refractivity contribution is 9.10. The van der Waals surface area contributed by atoms with Gasteiger partial charge in [-0.2, -0.15) is 0 Å². The number of rotatable bonds is 7. The van der Waals surface area contributed by atoms with Gasteiger partial charge in [0, 0.05) is 17.1 Å². The summed E-state index contributed by atoms with van der Waals surface area (Å²) in [6, 6.07) is 9.36. The van der Waals surface area contributed by atoms with Gasteiger partial charge in [0.1, 0.15) is 0 Å². The number of aliphatic hydroxyl groups excluding tert-OH is 1. The number of benzene rings is 1. The SMILES string of the molecule is CC(CO)CCCNC1CC(c2cccc(Br)c2)C1. The maximum absolute atomic E-state index is 8.96. The van der Waals surface area contributed by atoms with Crippen molar-refractivity contribution in [2.75, 3.05) is 13.2 Å². The Kier molecular flexibility index (Phi) is 5.86. The van der Waals surface area contributed by atoms with Crippen LogP contribution in [0.5, 0.6) is 0 Å². The summed E-state index contributed by atoms with van der Waals surface area (Å²) in [4.78, 5) is 0. The number of aliphatic hydroxyl groups is 1. The van der Waals surface area contributed by atoms with Crippen LogP contribution in [0.3, 0.4) is 0 Å². The zero-order chi connectivity index (χ0) is 13.7. The average Bonchev–Trinajstić information content (AvgIpc) is 2.35. The minimum atomic E-state index is 0.314. The van der Waals surface area contributed by atoms with Gasteiger partial charge in [-0.1, -0.05) is 35.0 Å². The van der Waals surface area contributed by atoms with Crippen molar-refractivity contribution in [2.24, 2.45) is 5.92 Å². The summed E-state index contributed by atoms with van der Waals surface area (Å²) in [5, 5.41) is 12.6. The van der Waals surface area contributed by atoms with Crippen LogP contribution in [0.15, 0.2) is 28.7 Å². The molecule has 0 amide bonds. The smallest absolute Gasteiger partial charge is 0.0456 e. The Hall–Kier alpha value is -0.380. The number of hydrogen-bond donors (Lipinski definition) is 2. The quantitative estimate of drug-likeness (QED) is 0.749. The van der Waals surface area contributed by atoms with Crippen LogP contribution in [-0.2, 0) is 0 Å². The van der Waals surface area contributed by atoms with Crippen LogP contribution in [0.1, 0.15) is 44.1 Å². The molecular weight excluding hydrogens is 302 g/mol. The van der Waals surface area contributed by atoms with Crippen molar-refractivity contribution in [2.45, 2.75) is 44.6 Å². The highest BCUT2D eigenvalue weighted by Gasteiger charge is 2.29. The zero-order valence-electron chi connectivity index (χ0n) is 11.6. The lowest BCUT2D eigenvalue weighted by molar-refractivity contribution is 0.225. The first-order valence-electron chi connectivity index (χ1n) is 7.28. The molecule has 3 heteroatoms. The van der Waals surface area contributed by atoms with Gasteiger partial charge in [0.25, 0.3) is 0 Å². The minimum Gasteiger partial charge on any atom is -0.396 e. The van der Waals surface area contributed by atoms with Gasteiger partial charge in [-0.25, -0.2) is 0 Å². The predicted octanol–water partition coefficient (Wildman–Crippen LogP) is 3.69. The highest BCUT2D eigenvalue weighted by Crippen LogP contribution is 2.37. The molecule has 106 valence electrons. The monoisotopic (exact) mass is 325 g/mol. The molecule has 1 aliphatic carbocycles. The lowest BCUT2D eigenvalue weighted by Gasteiger charge is -2.36. The molecule has 2 N–H and O–H groups in total. The van der Waals surface area contributed by atoms with Gasteiger partial charge in [-0.3, -0.25) is 0 Å². The minimum absolute atomic E-state index is 0.314. The third-order valence-corrected chi connectivity index (χ3v) is 4.57. The second kappa shape index (κ2) is 7.41. The molecule has 0 saturated heterocycles. The van der Waals surface area contributed by atoms with E-state index in [0.717, 1.165) is 18.9 Å². The topological polar surface area (TPSA) is 32.3 Å². The second-order valence-electron chi connectivity index (χ2n) is 5.80. The van der Waals surface area contributed by atoms with E-state index in [4.69, 9.17) is 5.11 Å². The summed E-state index contributed by atoms with van der Waals surface area (Å²) in [7, 11) is 0. The second-order valence-corrected chi connectivity index (χ2v) is 6.72. The Bertz CT molecular complexity index is 390. The maximum atomic E-state index is 8.96. The van der Waals surface area contributed by atoms with Crippen LogP contribution < -0.4 is 5.32 Å². The third-order valence-electron chi connectivity index (χ3n) is 4.08. The molecule has 2 rings (SSSR count). The first-order valence-corrected chi connectivity index (χ1v) is 8.08. The molecule has 2 nitrogen and oxygen atoms in total.